The van der Waals surface area contributed by atoms with Gasteiger partial charge in [-0.05, 0) is 36.6 Å². The molecule has 2 aromatic rings. The van der Waals surface area contributed by atoms with Gasteiger partial charge in [-0.1, -0.05) is 41.9 Å². The van der Waals surface area contributed by atoms with Crippen LogP contribution in [0.25, 0.3) is 0 Å². The summed E-state index contributed by atoms with van der Waals surface area (Å²) in [6, 6.07) is 15.9. The Morgan fingerprint density at radius 2 is 1.96 bits per heavy atom. The summed E-state index contributed by atoms with van der Waals surface area (Å²) in [6.45, 7) is 3.16. The maximum atomic E-state index is 6.13. The van der Waals surface area contributed by atoms with Gasteiger partial charge in [-0.15, -0.1) is 0 Å². The van der Waals surface area contributed by atoms with Crippen molar-refractivity contribution in [3.63, 3.8) is 0 Å². The third-order valence-electron chi connectivity index (χ3n) is 4.00. The first-order chi connectivity index (χ1) is 11.3. The van der Waals surface area contributed by atoms with Gasteiger partial charge in [0.1, 0.15) is 12.4 Å². The fraction of sp³-hybridized carbons (Fsp3) is 0.368. The number of ether oxygens (including phenoxy) is 2. The highest BCUT2D eigenvalue weighted by atomic mass is 35.5. The summed E-state index contributed by atoms with van der Waals surface area (Å²) in [7, 11) is 0. The van der Waals surface area contributed by atoms with Gasteiger partial charge in [0.15, 0.2) is 0 Å². The molecule has 1 saturated heterocycles. The van der Waals surface area contributed by atoms with Crippen molar-refractivity contribution < 1.29 is 9.47 Å². The van der Waals surface area contributed by atoms with Gasteiger partial charge in [-0.25, -0.2) is 0 Å². The van der Waals surface area contributed by atoms with Crippen molar-refractivity contribution in [2.75, 3.05) is 13.2 Å². The highest BCUT2D eigenvalue weighted by molar-refractivity contribution is 6.31. The van der Waals surface area contributed by atoms with Crippen LogP contribution in [0.1, 0.15) is 24.0 Å². The van der Waals surface area contributed by atoms with Gasteiger partial charge in [0.25, 0.3) is 0 Å². The SMILES string of the molecule is Clc1ccccc1COc1ccc(CNCC2CCCO2)cc1. The molecule has 0 amide bonds. The number of benzene rings is 2. The van der Waals surface area contributed by atoms with E-state index in [9.17, 15) is 0 Å². The van der Waals surface area contributed by atoms with E-state index >= 15 is 0 Å². The van der Waals surface area contributed by atoms with Crippen LogP contribution >= 0.6 is 11.6 Å². The summed E-state index contributed by atoms with van der Waals surface area (Å²) in [5, 5.41) is 4.18. The first-order valence-electron chi connectivity index (χ1n) is 8.09. The molecule has 1 atom stereocenters. The average Bonchev–Trinajstić information content (AvgIpc) is 3.09. The Morgan fingerprint density at radius 1 is 1.13 bits per heavy atom. The zero-order valence-electron chi connectivity index (χ0n) is 13.1. The van der Waals surface area contributed by atoms with Crippen molar-refractivity contribution in [2.24, 2.45) is 0 Å². The lowest BCUT2D eigenvalue weighted by atomic mass is 10.2. The van der Waals surface area contributed by atoms with Gasteiger partial charge in [0, 0.05) is 30.3 Å². The first-order valence-corrected chi connectivity index (χ1v) is 8.46. The molecule has 1 fully saturated rings. The van der Waals surface area contributed by atoms with Crippen LogP contribution in [0.5, 0.6) is 5.75 Å². The number of rotatable bonds is 7. The summed E-state index contributed by atoms with van der Waals surface area (Å²) >= 11 is 6.13. The third kappa shape index (κ3) is 4.96. The molecule has 2 aromatic carbocycles. The number of nitrogens with one attached hydrogen (secondary N) is 1. The minimum atomic E-state index is 0.383. The third-order valence-corrected chi connectivity index (χ3v) is 4.37. The van der Waals surface area contributed by atoms with E-state index in [0.29, 0.717) is 12.7 Å². The number of hydrogen-bond acceptors (Lipinski definition) is 3. The van der Waals surface area contributed by atoms with E-state index in [4.69, 9.17) is 21.1 Å². The monoisotopic (exact) mass is 331 g/mol. The molecule has 0 aromatic heterocycles. The lowest BCUT2D eigenvalue weighted by Crippen LogP contribution is -2.25. The molecule has 0 radical (unpaired) electrons. The maximum Gasteiger partial charge on any atom is 0.119 e. The summed E-state index contributed by atoms with van der Waals surface area (Å²) in [5.41, 5.74) is 2.24. The predicted molar refractivity (Wildman–Crippen MR) is 92.9 cm³/mol. The Balaban J connectivity index is 1.44. The lowest BCUT2D eigenvalue weighted by molar-refractivity contribution is 0.110. The van der Waals surface area contributed by atoms with Crippen molar-refractivity contribution in [2.45, 2.75) is 32.1 Å². The van der Waals surface area contributed by atoms with Gasteiger partial charge >= 0.3 is 0 Å². The smallest absolute Gasteiger partial charge is 0.119 e. The zero-order chi connectivity index (χ0) is 15.9. The van der Waals surface area contributed by atoms with Crippen LogP contribution in [-0.2, 0) is 17.9 Å². The minimum absolute atomic E-state index is 0.383. The fourth-order valence-corrected chi connectivity index (χ4v) is 2.85. The molecular formula is C19H22ClNO2. The molecule has 3 rings (SSSR count). The Kier molecular flexibility index (Phi) is 5.92. The molecule has 1 unspecified atom stereocenters. The first kappa shape index (κ1) is 16.3. The summed E-state index contributed by atoms with van der Waals surface area (Å²) in [5.74, 6) is 0.854. The standard InChI is InChI=1S/C19H22ClNO2/c20-19-6-2-1-4-16(19)14-23-17-9-7-15(8-10-17)12-21-13-18-5-3-11-22-18/h1-2,4,6-10,18,21H,3,5,11-14H2. The van der Waals surface area contributed by atoms with Crippen molar-refractivity contribution in [1.29, 1.82) is 0 Å². The Hall–Kier alpha value is -1.55. The second kappa shape index (κ2) is 8.34. The Morgan fingerprint density at radius 3 is 2.70 bits per heavy atom. The molecule has 3 nitrogen and oxygen atoms in total. The molecule has 23 heavy (non-hydrogen) atoms. The minimum Gasteiger partial charge on any atom is -0.489 e. The molecule has 122 valence electrons. The van der Waals surface area contributed by atoms with Gasteiger partial charge < -0.3 is 14.8 Å². The van der Waals surface area contributed by atoms with Crippen molar-refractivity contribution >= 4 is 11.6 Å². The van der Waals surface area contributed by atoms with E-state index in [0.717, 1.165) is 36.0 Å². The molecule has 0 bridgehead atoms. The van der Waals surface area contributed by atoms with Gasteiger partial charge in [0.2, 0.25) is 0 Å². The van der Waals surface area contributed by atoms with Crippen LogP contribution in [0.2, 0.25) is 5.02 Å². The largest absolute Gasteiger partial charge is 0.489 e. The summed E-state index contributed by atoms with van der Waals surface area (Å²) in [4.78, 5) is 0. The molecule has 0 aliphatic carbocycles. The topological polar surface area (TPSA) is 30.5 Å². The normalized spacial score (nSPS) is 17.3. The van der Waals surface area contributed by atoms with Crippen LogP contribution in [0.4, 0.5) is 0 Å². The molecular weight excluding hydrogens is 310 g/mol. The Bertz CT molecular complexity index is 609. The summed E-state index contributed by atoms with van der Waals surface area (Å²) < 4.78 is 11.4. The van der Waals surface area contributed by atoms with Crippen LogP contribution in [0.3, 0.4) is 0 Å². The highest BCUT2D eigenvalue weighted by Gasteiger charge is 2.14. The van der Waals surface area contributed by atoms with Gasteiger partial charge in [0.05, 0.1) is 6.10 Å². The second-order valence-electron chi connectivity index (χ2n) is 5.79. The molecule has 0 saturated carbocycles. The number of hydrogen-bond donors (Lipinski definition) is 1. The van der Waals surface area contributed by atoms with Crippen LogP contribution < -0.4 is 10.1 Å². The van der Waals surface area contributed by atoms with Crippen LogP contribution in [0.15, 0.2) is 48.5 Å². The highest BCUT2D eigenvalue weighted by Crippen LogP contribution is 2.19. The second-order valence-corrected chi connectivity index (χ2v) is 6.20. The van der Waals surface area contributed by atoms with Crippen LogP contribution in [0, 0.1) is 0 Å². The predicted octanol–water partition coefficient (Wildman–Crippen LogP) is 4.19. The molecule has 1 heterocycles. The molecule has 1 aliphatic rings. The molecule has 1 N–H and O–H groups in total. The Labute approximate surface area is 142 Å². The van der Waals surface area contributed by atoms with Gasteiger partial charge in [-0.3, -0.25) is 0 Å². The zero-order valence-corrected chi connectivity index (χ0v) is 13.9. The molecule has 1 aliphatic heterocycles. The van der Waals surface area contributed by atoms with E-state index in [1.54, 1.807) is 0 Å². The van der Waals surface area contributed by atoms with Crippen molar-refractivity contribution in [3.8, 4) is 5.75 Å². The quantitative estimate of drug-likeness (QED) is 0.825. The van der Waals surface area contributed by atoms with E-state index < -0.39 is 0 Å². The number of halogens is 1. The van der Waals surface area contributed by atoms with Crippen molar-refractivity contribution in [3.05, 3.63) is 64.7 Å². The van der Waals surface area contributed by atoms with Crippen molar-refractivity contribution in [1.82, 2.24) is 5.32 Å². The van der Waals surface area contributed by atoms with Gasteiger partial charge in [-0.2, -0.15) is 0 Å². The van der Waals surface area contributed by atoms with E-state index in [2.05, 4.69) is 17.4 Å². The van der Waals surface area contributed by atoms with E-state index in [1.807, 2.05) is 36.4 Å². The van der Waals surface area contributed by atoms with Crippen LogP contribution in [-0.4, -0.2) is 19.3 Å². The van der Waals surface area contributed by atoms with E-state index in [-0.39, 0.29) is 0 Å². The molecule has 0 spiro atoms. The van der Waals surface area contributed by atoms with E-state index in [1.165, 1.54) is 18.4 Å². The lowest BCUT2D eigenvalue weighted by Gasteiger charge is -2.11. The molecule has 4 heteroatoms. The fourth-order valence-electron chi connectivity index (χ4n) is 2.66. The summed E-state index contributed by atoms with van der Waals surface area (Å²) in [6.07, 6.45) is 2.74. The average molecular weight is 332 g/mol. The maximum absolute atomic E-state index is 6.13.